The van der Waals surface area contributed by atoms with Crippen molar-refractivity contribution in [2.24, 2.45) is 0 Å². The Kier molecular flexibility index (Phi) is 4.74. The van der Waals surface area contributed by atoms with Crippen LogP contribution in [0, 0.1) is 13.8 Å². The molecular formula is C13H23N3O2. The van der Waals surface area contributed by atoms with E-state index in [1.807, 2.05) is 13.8 Å². The zero-order valence-electron chi connectivity index (χ0n) is 11.4. The van der Waals surface area contributed by atoms with Gasteiger partial charge in [-0.05, 0) is 33.4 Å². The second-order valence-corrected chi connectivity index (χ2v) is 4.94. The third kappa shape index (κ3) is 3.54. The molecule has 5 heteroatoms. The Labute approximate surface area is 108 Å². The molecule has 1 fully saturated rings. The highest BCUT2D eigenvalue weighted by Gasteiger charge is 2.16. The Bertz CT molecular complexity index is 359. The van der Waals surface area contributed by atoms with Crippen molar-refractivity contribution in [1.29, 1.82) is 0 Å². The summed E-state index contributed by atoms with van der Waals surface area (Å²) in [6.07, 6.45) is 1.14. The molecule has 1 aliphatic heterocycles. The molecule has 0 spiro atoms. The van der Waals surface area contributed by atoms with Gasteiger partial charge in [-0.15, -0.1) is 0 Å². The summed E-state index contributed by atoms with van der Waals surface area (Å²) in [4.78, 5) is 9.12. The van der Waals surface area contributed by atoms with Crippen molar-refractivity contribution in [1.82, 2.24) is 14.8 Å². The van der Waals surface area contributed by atoms with E-state index in [9.17, 15) is 0 Å². The summed E-state index contributed by atoms with van der Waals surface area (Å²) in [6.45, 7) is 9.93. The predicted molar refractivity (Wildman–Crippen MR) is 69.4 cm³/mol. The lowest BCUT2D eigenvalue weighted by molar-refractivity contribution is 0.193. The Morgan fingerprint density at radius 3 is 2.56 bits per heavy atom. The van der Waals surface area contributed by atoms with E-state index in [1.165, 1.54) is 0 Å². The first-order chi connectivity index (χ1) is 8.69. The van der Waals surface area contributed by atoms with Crippen LogP contribution in [0.15, 0.2) is 4.42 Å². The van der Waals surface area contributed by atoms with Gasteiger partial charge in [-0.3, -0.25) is 9.80 Å². The normalized spacial score (nSPS) is 19.1. The average molecular weight is 253 g/mol. The molecule has 0 radical (unpaired) electrons. The van der Waals surface area contributed by atoms with Crippen LogP contribution in [0.5, 0.6) is 0 Å². The van der Waals surface area contributed by atoms with E-state index in [-0.39, 0.29) is 6.61 Å². The van der Waals surface area contributed by atoms with Crippen LogP contribution in [0.1, 0.15) is 23.8 Å². The van der Waals surface area contributed by atoms with Crippen LogP contribution in [0.25, 0.3) is 0 Å². The molecule has 1 N–H and O–H groups in total. The fourth-order valence-corrected chi connectivity index (χ4v) is 2.35. The largest absolute Gasteiger partial charge is 0.444 e. The summed E-state index contributed by atoms with van der Waals surface area (Å²) in [5, 5.41) is 8.96. The van der Waals surface area contributed by atoms with Crippen molar-refractivity contribution in [3.63, 3.8) is 0 Å². The number of rotatable bonds is 4. The molecule has 0 bridgehead atoms. The van der Waals surface area contributed by atoms with Gasteiger partial charge in [0.25, 0.3) is 0 Å². The van der Waals surface area contributed by atoms with Gasteiger partial charge in [0.1, 0.15) is 5.76 Å². The first-order valence-corrected chi connectivity index (χ1v) is 6.67. The minimum atomic E-state index is 0.248. The van der Waals surface area contributed by atoms with Crippen LogP contribution in [0.3, 0.4) is 0 Å². The van der Waals surface area contributed by atoms with E-state index in [4.69, 9.17) is 9.52 Å². The standard InChI is InChI=1S/C13H23N3O2/c1-11-12(2)18-13(14-11)10-16-5-3-4-15(6-7-16)8-9-17/h17H,3-10H2,1-2H3. The van der Waals surface area contributed by atoms with Crippen LogP contribution in [-0.4, -0.2) is 59.2 Å². The van der Waals surface area contributed by atoms with Gasteiger partial charge >= 0.3 is 0 Å². The number of aliphatic hydroxyl groups is 1. The highest BCUT2D eigenvalue weighted by Crippen LogP contribution is 2.12. The summed E-state index contributed by atoms with van der Waals surface area (Å²) in [5.41, 5.74) is 0.988. The smallest absolute Gasteiger partial charge is 0.208 e. The minimum absolute atomic E-state index is 0.248. The Balaban J connectivity index is 1.86. The van der Waals surface area contributed by atoms with Gasteiger partial charge in [0.15, 0.2) is 0 Å². The van der Waals surface area contributed by atoms with Gasteiger partial charge in [0.2, 0.25) is 5.89 Å². The molecule has 0 unspecified atom stereocenters. The molecule has 2 rings (SSSR count). The highest BCUT2D eigenvalue weighted by molar-refractivity contribution is 5.05. The van der Waals surface area contributed by atoms with Crippen molar-refractivity contribution >= 4 is 0 Å². The second kappa shape index (κ2) is 6.31. The molecule has 0 atom stereocenters. The predicted octanol–water partition coefficient (Wildman–Crippen LogP) is 0.791. The van der Waals surface area contributed by atoms with Crippen LogP contribution in [-0.2, 0) is 6.54 Å². The topological polar surface area (TPSA) is 52.7 Å². The molecule has 0 aliphatic carbocycles. The maximum Gasteiger partial charge on any atom is 0.208 e. The first kappa shape index (κ1) is 13.5. The summed E-state index contributed by atoms with van der Waals surface area (Å²) in [7, 11) is 0. The lowest BCUT2D eigenvalue weighted by Gasteiger charge is -2.19. The van der Waals surface area contributed by atoms with Crippen molar-refractivity contribution < 1.29 is 9.52 Å². The van der Waals surface area contributed by atoms with Gasteiger partial charge in [0, 0.05) is 19.6 Å². The van der Waals surface area contributed by atoms with Gasteiger partial charge < -0.3 is 9.52 Å². The van der Waals surface area contributed by atoms with Crippen molar-refractivity contribution in [2.45, 2.75) is 26.8 Å². The number of aliphatic hydroxyl groups excluding tert-OH is 1. The maximum atomic E-state index is 8.96. The van der Waals surface area contributed by atoms with Crippen LogP contribution in [0.4, 0.5) is 0 Å². The third-order valence-electron chi connectivity index (χ3n) is 3.53. The molecule has 0 amide bonds. The quantitative estimate of drug-likeness (QED) is 0.860. The summed E-state index contributed by atoms with van der Waals surface area (Å²) in [5.74, 6) is 1.74. The lowest BCUT2D eigenvalue weighted by atomic mass is 10.4. The monoisotopic (exact) mass is 253 g/mol. The molecule has 1 aliphatic rings. The van der Waals surface area contributed by atoms with E-state index in [0.29, 0.717) is 0 Å². The zero-order valence-corrected chi connectivity index (χ0v) is 11.4. The molecule has 1 aromatic rings. The fourth-order valence-electron chi connectivity index (χ4n) is 2.35. The Morgan fingerprint density at radius 2 is 1.89 bits per heavy atom. The van der Waals surface area contributed by atoms with Crippen LogP contribution >= 0.6 is 0 Å². The molecule has 18 heavy (non-hydrogen) atoms. The van der Waals surface area contributed by atoms with Crippen molar-refractivity contribution in [3.05, 3.63) is 17.3 Å². The molecule has 5 nitrogen and oxygen atoms in total. The maximum absolute atomic E-state index is 8.96. The number of β-amino-alcohol motifs (C(OH)–C–C–N with tert-alkyl or cyclic N) is 1. The van der Waals surface area contributed by atoms with Crippen LogP contribution in [0.2, 0.25) is 0 Å². The van der Waals surface area contributed by atoms with E-state index < -0.39 is 0 Å². The van der Waals surface area contributed by atoms with E-state index in [0.717, 1.165) is 63.0 Å². The number of aryl methyl sites for hydroxylation is 2. The van der Waals surface area contributed by atoms with E-state index in [1.54, 1.807) is 0 Å². The third-order valence-corrected chi connectivity index (χ3v) is 3.53. The summed E-state index contributed by atoms with van der Waals surface area (Å²) < 4.78 is 5.63. The van der Waals surface area contributed by atoms with Gasteiger partial charge in [-0.1, -0.05) is 0 Å². The SMILES string of the molecule is Cc1nc(CN2CCCN(CCO)CC2)oc1C. The minimum Gasteiger partial charge on any atom is -0.444 e. The molecular weight excluding hydrogens is 230 g/mol. The molecule has 102 valence electrons. The average Bonchev–Trinajstić information content (AvgIpc) is 2.53. The van der Waals surface area contributed by atoms with Gasteiger partial charge in [-0.25, -0.2) is 4.98 Å². The number of aromatic nitrogens is 1. The number of hydrogen-bond acceptors (Lipinski definition) is 5. The van der Waals surface area contributed by atoms with Crippen molar-refractivity contribution in [2.75, 3.05) is 39.3 Å². The number of oxazole rings is 1. The number of nitrogens with zero attached hydrogens (tertiary/aromatic N) is 3. The molecule has 2 heterocycles. The number of hydrogen-bond donors (Lipinski definition) is 1. The summed E-state index contributed by atoms with van der Waals surface area (Å²) >= 11 is 0. The molecule has 1 saturated heterocycles. The second-order valence-electron chi connectivity index (χ2n) is 4.94. The van der Waals surface area contributed by atoms with Gasteiger partial charge in [0.05, 0.1) is 18.8 Å². The summed E-state index contributed by atoms with van der Waals surface area (Å²) in [6, 6.07) is 0. The Hall–Kier alpha value is -0.910. The molecule has 1 aromatic heterocycles. The van der Waals surface area contributed by atoms with Crippen molar-refractivity contribution in [3.8, 4) is 0 Å². The zero-order chi connectivity index (χ0) is 13.0. The van der Waals surface area contributed by atoms with Crippen LogP contribution < -0.4 is 0 Å². The molecule has 0 saturated carbocycles. The first-order valence-electron chi connectivity index (χ1n) is 6.67. The molecule has 0 aromatic carbocycles. The lowest BCUT2D eigenvalue weighted by Crippen LogP contribution is -2.32. The van der Waals surface area contributed by atoms with Gasteiger partial charge in [-0.2, -0.15) is 0 Å². The van der Waals surface area contributed by atoms with E-state index in [2.05, 4.69) is 14.8 Å². The fraction of sp³-hybridized carbons (Fsp3) is 0.769. The Morgan fingerprint density at radius 1 is 1.17 bits per heavy atom. The highest BCUT2D eigenvalue weighted by atomic mass is 16.4. The van der Waals surface area contributed by atoms with E-state index >= 15 is 0 Å².